The zero-order valence-corrected chi connectivity index (χ0v) is 17.3. The van der Waals surface area contributed by atoms with Crippen molar-refractivity contribution in [3.63, 3.8) is 0 Å². The molecule has 2 unspecified atom stereocenters. The van der Waals surface area contributed by atoms with Gasteiger partial charge in [0.2, 0.25) is 11.1 Å². The molecule has 1 amide bonds. The molecule has 2 atom stereocenters. The largest absolute Gasteiger partial charge is 0.348 e. The molecule has 1 saturated carbocycles. The van der Waals surface area contributed by atoms with Gasteiger partial charge in [-0.15, -0.1) is 10.2 Å². The molecule has 150 valence electrons. The first-order valence-electron chi connectivity index (χ1n) is 10.4. The average molecular weight is 400 g/mol. The third-order valence-corrected chi connectivity index (χ3v) is 7.06. The first kappa shape index (κ1) is 19.3. The Morgan fingerprint density at radius 1 is 1.18 bits per heavy atom. The number of nitrogen functional groups attached to an aromatic ring is 1. The normalized spacial score (nSPS) is 21.1. The Hall–Kier alpha value is -2.02. The van der Waals surface area contributed by atoms with Crippen LogP contribution < -0.4 is 11.2 Å². The van der Waals surface area contributed by atoms with Gasteiger partial charge in [-0.05, 0) is 50.2 Å². The van der Waals surface area contributed by atoms with Gasteiger partial charge in [0.05, 0.1) is 11.3 Å². The van der Waals surface area contributed by atoms with Crippen LogP contribution in [0.15, 0.2) is 29.4 Å². The number of carbonyl (C=O) groups excluding carboxylic acids is 1. The van der Waals surface area contributed by atoms with E-state index in [-0.39, 0.29) is 17.2 Å². The zero-order valence-electron chi connectivity index (χ0n) is 16.4. The van der Waals surface area contributed by atoms with Crippen molar-refractivity contribution in [2.45, 2.75) is 80.7 Å². The summed E-state index contributed by atoms with van der Waals surface area (Å²) < 4.78 is 1.60. The summed E-state index contributed by atoms with van der Waals surface area (Å²) in [6.45, 7) is 1.91. The Morgan fingerprint density at radius 2 is 1.96 bits per heavy atom. The lowest BCUT2D eigenvalue weighted by atomic mass is 9.88. The average Bonchev–Trinajstić information content (AvgIpc) is 3.09. The number of fused-ring (bicyclic) bond motifs is 1. The number of aromatic nitrogens is 3. The highest BCUT2D eigenvalue weighted by Gasteiger charge is 2.27. The maximum absolute atomic E-state index is 12.8. The van der Waals surface area contributed by atoms with E-state index in [0.29, 0.717) is 11.1 Å². The molecule has 2 aliphatic carbocycles. The maximum Gasteiger partial charge on any atom is 0.233 e. The van der Waals surface area contributed by atoms with Crippen LogP contribution >= 0.6 is 11.8 Å². The van der Waals surface area contributed by atoms with Crippen LogP contribution in [0.4, 0.5) is 0 Å². The minimum absolute atomic E-state index is 0.0221. The van der Waals surface area contributed by atoms with Crippen molar-refractivity contribution >= 4 is 17.7 Å². The molecule has 7 heteroatoms. The molecule has 28 heavy (non-hydrogen) atoms. The number of amides is 1. The second-order valence-electron chi connectivity index (χ2n) is 7.96. The SMILES string of the molecule is CC(Sc1nnc(C2CCCCC2)n1N)C(=O)NC1CCCc2ccccc21. The summed E-state index contributed by atoms with van der Waals surface area (Å²) in [6.07, 6.45) is 9.16. The predicted molar refractivity (Wildman–Crippen MR) is 112 cm³/mol. The Bertz CT molecular complexity index is 830. The minimum atomic E-state index is -0.278. The Kier molecular flexibility index (Phi) is 5.90. The molecule has 0 aliphatic heterocycles. The van der Waals surface area contributed by atoms with Crippen LogP contribution in [0.3, 0.4) is 0 Å². The van der Waals surface area contributed by atoms with E-state index in [4.69, 9.17) is 5.84 Å². The van der Waals surface area contributed by atoms with Crippen molar-refractivity contribution in [2.75, 3.05) is 5.84 Å². The van der Waals surface area contributed by atoms with Crippen LogP contribution in [0.1, 0.15) is 80.8 Å². The highest BCUT2D eigenvalue weighted by atomic mass is 32.2. The number of benzene rings is 1. The van der Waals surface area contributed by atoms with Crippen molar-refractivity contribution in [1.82, 2.24) is 20.2 Å². The van der Waals surface area contributed by atoms with Crippen molar-refractivity contribution in [3.8, 4) is 0 Å². The molecule has 0 saturated heterocycles. The molecule has 1 fully saturated rings. The lowest BCUT2D eigenvalue weighted by Crippen LogP contribution is -2.36. The number of carbonyl (C=O) groups is 1. The fraction of sp³-hybridized carbons (Fsp3) is 0.571. The number of thioether (sulfide) groups is 1. The Balaban J connectivity index is 1.40. The number of nitrogens with two attached hydrogens (primary N) is 1. The van der Waals surface area contributed by atoms with Gasteiger partial charge in [-0.25, -0.2) is 4.68 Å². The molecule has 1 heterocycles. The van der Waals surface area contributed by atoms with Crippen molar-refractivity contribution in [2.24, 2.45) is 0 Å². The standard InChI is InChI=1S/C21H29N5OS/c1-14(20(27)23-18-13-7-11-15-8-5-6-12-17(15)18)28-21-25-24-19(26(21)22)16-9-3-2-4-10-16/h5-6,8,12,14,16,18H,2-4,7,9-11,13,22H2,1H3,(H,23,27). The molecule has 2 aliphatic rings. The van der Waals surface area contributed by atoms with Crippen LogP contribution in [0.2, 0.25) is 0 Å². The summed E-state index contributed by atoms with van der Waals surface area (Å²) in [5, 5.41) is 12.2. The van der Waals surface area contributed by atoms with Crippen LogP contribution in [0.25, 0.3) is 0 Å². The Morgan fingerprint density at radius 3 is 2.79 bits per heavy atom. The van der Waals surface area contributed by atoms with E-state index in [1.54, 1.807) is 4.68 Å². The molecule has 3 N–H and O–H groups in total. The lowest BCUT2D eigenvalue weighted by molar-refractivity contribution is -0.121. The highest BCUT2D eigenvalue weighted by Crippen LogP contribution is 2.33. The minimum Gasteiger partial charge on any atom is -0.348 e. The van der Waals surface area contributed by atoms with Crippen molar-refractivity contribution in [1.29, 1.82) is 0 Å². The summed E-state index contributed by atoms with van der Waals surface area (Å²) in [5.74, 6) is 7.54. The molecule has 1 aromatic carbocycles. The van der Waals surface area contributed by atoms with Gasteiger partial charge in [0.15, 0.2) is 5.82 Å². The first-order chi connectivity index (χ1) is 13.6. The van der Waals surface area contributed by atoms with Gasteiger partial charge in [0.1, 0.15) is 0 Å². The van der Waals surface area contributed by atoms with Gasteiger partial charge < -0.3 is 11.2 Å². The van der Waals surface area contributed by atoms with Gasteiger partial charge in [0, 0.05) is 5.92 Å². The quantitative estimate of drug-likeness (QED) is 0.591. The van der Waals surface area contributed by atoms with Gasteiger partial charge in [0.25, 0.3) is 0 Å². The van der Waals surface area contributed by atoms with Crippen molar-refractivity contribution < 1.29 is 4.79 Å². The smallest absolute Gasteiger partial charge is 0.233 e. The first-order valence-corrected chi connectivity index (χ1v) is 11.3. The number of hydrogen-bond acceptors (Lipinski definition) is 5. The third kappa shape index (κ3) is 4.04. The van der Waals surface area contributed by atoms with Gasteiger partial charge in [-0.3, -0.25) is 4.79 Å². The fourth-order valence-electron chi connectivity index (χ4n) is 4.41. The molecule has 6 nitrogen and oxygen atoms in total. The maximum atomic E-state index is 12.8. The molecular formula is C21H29N5OS. The predicted octanol–water partition coefficient (Wildman–Crippen LogP) is 3.71. The van der Waals surface area contributed by atoms with Crippen LogP contribution in [0, 0.1) is 0 Å². The van der Waals surface area contributed by atoms with E-state index >= 15 is 0 Å². The van der Waals surface area contributed by atoms with Crippen LogP contribution in [-0.4, -0.2) is 26.0 Å². The molecule has 0 spiro atoms. The summed E-state index contributed by atoms with van der Waals surface area (Å²) in [5.41, 5.74) is 2.60. The molecule has 1 aromatic heterocycles. The topological polar surface area (TPSA) is 85.8 Å². The van der Waals surface area contributed by atoms with E-state index in [1.165, 1.54) is 42.2 Å². The molecular weight excluding hydrogens is 370 g/mol. The summed E-state index contributed by atoms with van der Waals surface area (Å²) in [4.78, 5) is 12.8. The third-order valence-electron chi connectivity index (χ3n) is 6.00. The van der Waals surface area contributed by atoms with Gasteiger partial charge in [-0.1, -0.05) is 55.3 Å². The van der Waals surface area contributed by atoms with Crippen LogP contribution in [-0.2, 0) is 11.2 Å². The number of aryl methyl sites for hydroxylation is 1. The highest BCUT2D eigenvalue weighted by molar-refractivity contribution is 8.00. The molecule has 0 radical (unpaired) electrons. The Labute approximate surface area is 170 Å². The van der Waals surface area contributed by atoms with E-state index in [2.05, 4.69) is 33.7 Å². The monoisotopic (exact) mass is 399 g/mol. The second-order valence-corrected chi connectivity index (χ2v) is 9.27. The summed E-state index contributed by atoms with van der Waals surface area (Å²) in [7, 11) is 0. The fourth-order valence-corrected chi connectivity index (χ4v) is 5.20. The van der Waals surface area contributed by atoms with Gasteiger partial charge in [-0.2, -0.15) is 0 Å². The van der Waals surface area contributed by atoms with E-state index in [0.717, 1.165) is 37.9 Å². The van der Waals surface area contributed by atoms with Crippen LogP contribution in [0.5, 0.6) is 0 Å². The second kappa shape index (κ2) is 8.55. The number of nitrogens with one attached hydrogen (secondary N) is 1. The number of rotatable bonds is 5. The molecule has 0 bridgehead atoms. The number of hydrogen-bond donors (Lipinski definition) is 2. The van der Waals surface area contributed by atoms with Crippen molar-refractivity contribution in [3.05, 3.63) is 41.2 Å². The molecule has 2 aromatic rings. The summed E-state index contributed by atoms with van der Waals surface area (Å²) in [6, 6.07) is 8.50. The zero-order chi connectivity index (χ0) is 19.5. The van der Waals surface area contributed by atoms with E-state index in [9.17, 15) is 4.79 Å². The number of nitrogens with zero attached hydrogens (tertiary/aromatic N) is 3. The van der Waals surface area contributed by atoms with Gasteiger partial charge >= 0.3 is 0 Å². The molecule has 4 rings (SSSR count). The van der Waals surface area contributed by atoms with E-state index in [1.807, 2.05) is 13.0 Å². The lowest BCUT2D eigenvalue weighted by Gasteiger charge is -2.27. The summed E-state index contributed by atoms with van der Waals surface area (Å²) >= 11 is 1.39. The van der Waals surface area contributed by atoms with E-state index < -0.39 is 0 Å².